The topological polar surface area (TPSA) is 130 Å². The van der Waals surface area contributed by atoms with Gasteiger partial charge in [0.1, 0.15) is 5.75 Å². The van der Waals surface area contributed by atoms with Crippen LogP contribution in [0.1, 0.15) is 20.8 Å². The number of nitrogens with zero attached hydrogens (tertiary/aromatic N) is 2. The normalized spacial score (nSPS) is 11.3. The van der Waals surface area contributed by atoms with Crippen molar-refractivity contribution in [2.24, 2.45) is 0 Å². The smallest absolute Gasteiger partial charge is 0.290 e. The third kappa shape index (κ3) is 3.71. The Labute approximate surface area is 158 Å². The summed E-state index contributed by atoms with van der Waals surface area (Å²) < 4.78 is 25.0. The number of benzene rings is 1. The second-order valence-electron chi connectivity index (χ2n) is 5.54. The minimum atomic E-state index is -3.69. The number of hydrogen-bond acceptors (Lipinski definition) is 6. The number of phenols is 1. The fourth-order valence-electron chi connectivity index (χ4n) is 2.37. The molecule has 0 radical (unpaired) electrons. The van der Waals surface area contributed by atoms with Crippen molar-refractivity contribution in [1.29, 1.82) is 0 Å². The number of halogens is 1. The van der Waals surface area contributed by atoms with E-state index in [2.05, 4.69) is 15.8 Å². The molecule has 0 unspecified atom stereocenters. The number of carbonyl (C=O) groups excluding carboxylic acids is 2. The Balaban J connectivity index is 1.87. The number of sulfone groups is 1. The summed E-state index contributed by atoms with van der Waals surface area (Å²) in [5.41, 5.74) is 4.17. The van der Waals surface area contributed by atoms with Crippen LogP contribution < -0.4 is 10.9 Å². The minimum Gasteiger partial charge on any atom is -0.507 e. The standard InChI is InChI=1S/C16H13ClN4O5S/c1-27(25,26)16-18-13(11-4-2-3-7-21(11)16)15(24)20-19-14(23)10-8-9(17)5-6-12(10)22/h2-8,22H,1H3,(H,19,23)(H,20,24). The maximum atomic E-state index is 12.4. The first-order valence-electron chi connectivity index (χ1n) is 7.45. The second-order valence-corrected chi connectivity index (χ2v) is 7.89. The van der Waals surface area contributed by atoms with Crippen molar-refractivity contribution >= 4 is 38.8 Å². The molecule has 0 aliphatic rings. The predicted octanol–water partition coefficient (Wildman–Crippen LogP) is 1.17. The van der Waals surface area contributed by atoms with Crippen molar-refractivity contribution in [2.45, 2.75) is 5.16 Å². The first-order valence-corrected chi connectivity index (χ1v) is 9.72. The van der Waals surface area contributed by atoms with Gasteiger partial charge in [-0.25, -0.2) is 13.4 Å². The molecule has 3 aromatic rings. The average molecular weight is 409 g/mol. The molecule has 2 amide bonds. The molecule has 0 aliphatic carbocycles. The molecule has 0 saturated heterocycles. The van der Waals surface area contributed by atoms with Gasteiger partial charge in [-0.05, 0) is 30.3 Å². The van der Waals surface area contributed by atoms with Crippen LogP contribution in [-0.2, 0) is 9.84 Å². The monoisotopic (exact) mass is 408 g/mol. The molecular weight excluding hydrogens is 396 g/mol. The summed E-state index contributed by atoms with van der Waals surface area (Å²) in [6.07, 6.45) is 2.43. The van der Waals surface area contributed by atoms with Crippen LogP contribution in [-0.4, -0.2) is 41.0 Å². The lowest BCUT2D eigenvalue weighted by molar-refractivity contribution is 0.0843. The van der Waals surface area contributed by atoms with Crippen LogP contribution in [0, 0.1) is 0 Å². The molecule has 3 rings (SSSR count). The van der Waals surface area contributed by atoms with Gasteiger partial charge in [0.25, 0.3) is 11.8 Å². The molecule has 27 heavy (non-hydrogen) atoms. The number of aromatic hydroxyl groups is 1. The van der Waals surface area contributed by atoms with Gasteiger partial charge in [0.15, 0.2) is 5.69 Å². The first kappa shape index (κ1) is 18.7. The molecule has 140 valence electrons. The van der Waals surface area contributed by atoms with Crippen molar-refractivity contribution < 1.29 is 23.1 Å². The van der Waals surface area contributed by atoms with Gasteiger partial charge < -0.3 is 5.11 Å². The largest absolute Gasteiger partial charge is 0.507 e. The van der Waals surface area contributed by atoms with Gasteiger partial charge >= 0.3 is 0 Å². The fourth-order valence-corrected chi connectivity index (χ4v) is 3.31. The van der Waals surface area contributed by atoms with Gasteiger partial charge in [-0.3, -0.25) is 24.8 Å². The van der Waals surface area contributed by atoms with Crippen LogP contribution in [0.5, 0.6) is 5.75 Å². The van der Waals surface area contributed by atoms with Crippen LogP contribution in [0.3, 0.4) is 0 Å². The lowest BCUT2D eigenvalue weighted by Gasteiger charge is -2.08. The van der Waals surface area contributed by atoms with E-state index in [0.717, 1.165) is 6.26 Å². The Hall–Kier alpha value is -3.11. The lowest BCUT2D eigenvalue weighted by Crippen LogP contribution is -2.41. The zero-order valence-electron chi connectivity index (χ0n) is 13.8. The van der Waals surface area contributed by atoms with Crippen molar-refractivity contribution in [3.63, 3.8) is 0 Å². The quantitative estimate of drug-likeness (QED) is 0.558. The van der Waals surface area contributed by atoms with Crippen molar-refractivity contribution in [2.75, 3.05) is 6.26 Å². The number of fused-ring (bicyclic) bond motifs is 1. The Bertz CT molecular complexity index is 1170. The highest BCUT2D eigenvalue weighted by Crippen LogP contribution is 2.21. The van der Waals surface area contributed by atoms with Gasteiger partial charge in [0.2, 0.25) is 15.0 Å². The highest BCUT2D eigenvalue weighted by molar-refractivity contribution is 7.90. The molecule has 0 spiro atoms. The third-order valence-electron chi connectivity index (χ3n) is 3.56. The molecule has 0 atom stereocenters. The van der Waals surface area contributed by atoms with E-state index in [1.54, 1.807) is 12.1 Å². The summed E-state index contributed by atoms with van der Waals surface area (Å²) in [6, 6.07) is 8.58. The van der Waals surface area contributed by atoms with Gasteiger partial charge in [-0.1, -0.05) is 17.7 Å². The number of imidazole rings is 1. The Morgan fingerprint density at radius 2 is 1.85 bits per heavy atom. The van der Waals surface area contributed by atoms with E-state index in [0.29, 0.717) is 0 Å². The zero-order chi connectivity index (χ0) is 19.8. The minimum absolute atomic E-state index is 0.144. The summed E-state index contributed by atoms with van der Waals surface area (Å²) in [7, 11) is -3.69. The second kappa shape index (κ2) is 6.89. The van der Waals surface area contributed by atoms with E-state index in [-0.39, 0.29) is 32.7 Å². The maximum absolute atomic E-state index is 12.4. The summed E-state index contributed by atoms with van der Waals surface area (Å²) in [5, 5.41) is 9.63. The van der Waals surface area contributed by atoms with Crippen molar-refractivity contribution in [1.82, 2.24) is 20.2 Å². The number of amides is 2. The first-order chi connectivity index (χ1) is 12.7. The number of nitrogens with one attached hydrogen (secondary N) is 2. The molecular formula is C16H13ClN4O5S. The zero-order valence-corrected chi connectivity index (χ0v) is 15.4. The van der Waals surface area contributed by atoms with Crippen LogP contribution in [0.4, 0.5) is 0 Å². The molecule has 2 aromatic heterocycles. The molecule has 9 nitrogen and oxygen atoms in total. The van der Waals surface area contributed by atoms with E-state index < -0.39 is 21.7 Å². The molecule has 3 N–H and O–H groups in total. The molecule has 0 bridgehead atoms. The van der Waals surface area contributed by atoms with Crippen LogP contribution in [0.15, 0.2) is 47.8 Å². The van der Waals surface area contributed by atoms with E-state index >= 15 is 0 Å². The number of hydrazine groups is 1. The molecule has 1 aromatic carbocycles. The Kier molecular flexibility index (Phi) is 4.77. The number of aromatic nitrogens is 2. The molecule has 0 aliphatic heterocycles. The van der Waals surface area contributed by atoms with E-state index in [1.165, 1.54) is 34.9 Å². The maximum Gasteiger partial charge on any atom is 0.290 e. The van der Waals surface area contributed by atoms with Gasteiger partial charge in [-0.2, -0.15) is 0 Å². The lowest BCUT2D eigenvalue weighted by atomic mass is 10.2. The van der Waals surface area contributed by atoms with E-state index in [1.807, 2.05) is 0 Å². The highest BCUT2D eigenvalue weighted by atomic mass is 35.5. The number of pyridine rings is 1. The van der Waals surface area contributed by atoms with E-state index in [9.17, 15) is 23.1 Å². The van der Waals surface area contributed by atoms with Crippen molar-refractivity contribution in [3.8, 4) is 5.75 Å². The predicted molar refractivity (Wildman–Crippen MR) is 96.4 cm³/mol. The van der Waals surface area contributed by atoms with Gasteiger partial charge in [0.05, 0.1) is 11.1 Å². The van der Waals surface area contributed by atoms with Crippen LogP contribution >= 0.6 is 11.6 Å². The van der Waals surface area contributed by atoms with E-state index in [4.69, 9.17) is 11.6 Å². The highest BCUT2D eigenvalue weighted by Gasteiger charge is 2.23. The number of hydrogen-bond donors (Lipinski definition) is 3. The van der Waals surface area contributed by atoms with Crippen molar-refractivity contribution in [3.05, 3.63) is 58.9 Å². The van der Waals surface area contributed by atoms with Crippen LogP contribution in [0.25, 0.3) is 5.52 Å². The number of phenolic OH excluding ortho intramolecular Hbond substituents is 1. The summed E-state index contributed by atoms with van der Waals surface area (Å²) in [4.78, 5) is 28.4. The number of rotatable bonds is 3. The molecule has 2 heterocycles. The molecule has 0 saturated carbocycles. The fraction of sp³-hybridized carbons (Fsp3) is 0.0625. The van der Waals surface area contributed by atoms with Gasteiger partial charge in [-0.15, -0.1) is 0 Å². The Morgan fingerprint density at radius 3 is 2.56 bits per heavy atom. The van der Waals surface area contributed by atoms with Gasteiger partial charge in [0, 0.05) is 17.5 Å². The molecule has 0 fully saturated rings. The SMILES string of the molecule is CS(=O)(=O)c1nc(C(=O)NNC(=O)c2cc(Cl)ccc2O)c2ccccn12. The summed E-state index contributed by atoms with van der Waals surface area (Å²) in [6.45, 7) is 0. The molecule has 11 heteroatoms. The summed E-state index contributed by atoms with van der Waals surface area (Å²) in [5.74, 6) is -1.96. The number of carbonyl (C=O) groups is 2. The third-order valence-corrected chi connectivity index (χ3v) is 4.74. The average Bonchev–Trinajstić information content (AvgIpc) is 3.01. The summed E-state index contributed by atoms with van der Waals surface area (Å²) >= 11 is 5.78. The van der Waals surface area contributed by atoms with Crippen LogP contribution in [0.2, 0.25) is 5.02 Å². The Morgan fingerprint density at radius 1 is 1.15 bits per heavy atom.